The van der Waals surface area contributed by atoms with Gasteiger partial charge in [-0.25, -0.2) is 4.79 Å². The van der Waals surface area contributed by atoms with Crippen LogP contribution in [0.4, 0.5) is 0 Å². The number of ether oxygens (including phenoxy) is 2. The third-order valence-corrected chi connectivity index (χ3v) is 3.79. The van der Waals surface area contributed by atoms with Gasteiger partial charge in [0, 0.05) is 11.1 Å². The molecule has 0 aliphatic heterocycles. The van der Waals surface area contributed by atoms with Crippen molar-refractivity contribution >= 4 is 5.97 Å². The lowest BCUT2D eigenvalue weighted by Gasteiger charge is -2.05. The molecule has 0 radical (unpaired) electrons. The van der Waals surface area contributed by atoms with Crippen LogP contribution in [0.3, 0.4) is 0 Å². The van der Waals surface area contributed by atoms with Gasteiger partial charge in [-0.2, -0.15) is 0 Å². The molecule has 128 valence electrons. The Labute approximate surface area is 153 Å². The van der Waals surface area contributed by atoms with E-state index in [0.29, 0.717) is 17.1 Å². The molecule has 0 bridgehead atoms. The van der Waals surface area contributed by atoms with Crippen molar-refractivity contribution in [2.75, 3.05) is 7.11 Å². The summed E-state index contributed by atoms with van der Waals surface area (Å²) in [5, 5.41) is 0. The van der Waals surface area contributed by atoms with E-state index in [9.17, 15) is 4.79 Å². The molecule has 0 amide bonds. The van der Waals surface area contributed by atoms with E-state index < -0.39 is 5.97 Å². The molecular weight excluding hydrogens is 324 g/mol. The van der Waals surface area contributed by atoms with E-state index in [4.69, 9.17) is 9.47 Å². The summed E-state index contributed by atoms with van der Waals surface area (Å²) in [4.78, 5) is 12.1. The van der Waals surface area contributed by atoms with Crippen molar-refractivity contribution in [1.82, 2.24) is 0 Å². The Morgan fingerprint density at radius 3 is 1.77 bits per heavy atom. The van der Waals surface area contributed by atoms with Gasteiger partial charge < -0.3 is 9.47 Å². The maximum Gasteiger partial charge on any atom is 0.343 e. The van der Waals surface area contributed by atoms with Crippen molar-refractivity contribution in [3.63, 3.8) is 0 Å². The smallest absolute Gasteiger partial charge is 0.343 e. The minimum absolute atomic E-state index is 0.411. The van der Waals surface area contributed by atoms with Gasteiger partial charge in [0.25, 0.3) is 0 Å². The van der Waals surface area contributed by atoms with Crippen LogP contribution < -0.4 is 9.47 Å². The van der Waals surface area contributed by atoms with Crippen LogP contribution in [0.15, 0.2) is 72.8 Å². The standard InChI is InChI=1S/C23H18O3/c1-17-3-5-18(6-4-17)7-8-19-9-13-22(14-10-19)26-23(24)20-11-15-21(25-2)16-12-20/h3-6,9-16H,1-2H3. The summed E-state index contributed by atoms with van der Waals surface area (Å²) in [7, 11) is 1.58. The molecule has 0 heterocycles. The fourth-order valence-electron chi connectivity index (χ4n) is 2.28. The highest BCUT2D eigenvalue weighted by Crippen LogP contribution is 2.16. The van der Waals surface area contributed by atoms with E-state index in [1.807, 2.05) is 43.3 Å². The third kappa shape index (κ3) is 4.52. The highest BCUT2D eigenvalue weighted by molar-refractivity contribution is 5.91. The highest BCUT2D eigenvalue weighted by Gasteiger charge is 2.08. The van der Waals surface area contributed by atoms with Crippen LogP contribution >= 0.6 is 0 Å². The van der Waals surface area contributed by atoms with Gasteiger partial charge in [0.05, 0.1) is 12.7 Å². The number of methoxy groups -OCH3 is 1. The molecule has 0 saturated carbocycles. The van der Waals surface area contributed by atoms with Gasteiger partial charge >= 0.3 is 5.97 Å². The van der Waals surface area contributed by atoms with E-state index in [0.717, 1.165) is 11.1 Å². The van der Waals surface area contributed by atoms with Crippen molar-refractivity contribution in [2.24, 2.45) is 0 Å². The normalized spacial score (nSPS) is 9.77. The Balaban J connectivity index is 1.65. The molecule has 3 aromatic carbocycles. The second kappa shape index (κ2) is 8.04. The molecule has 0 N–H and O–H groups in total. The Bertz CT molecular complexity index is 942. The lowest BCUT2D eigenvalue weighted by atomic mass is 10.1. The Hall–Kier alpha value is -3.51. The van der Waals surface area contributed by atoms with Gasteiger partial charge in [-0.1, -0.05) is 29.5 Å². The van der Waals surface area contributed by atoms with Crippen LogP contribution in [0, 0.1) is 18.8 Å². The number of carbonyl (C=O) groups is 1. The molecule has 0 aliphatic carbocycles. The zero-order chi connectivity index (χ0) is 18.4. The second-order valence-corrected chi connectivity index (χ2v) is 5.76. The Morgan fingerprint density at radius 2 is 1.23 bits per heavy atom. The topological polar surface area (TPSA) is 35.5 Å². The van der Waals surface area contributed by atoms with Gasteiger partial charge in [-0.15, -0.1) is 0 Å². The highest BCUT2D eigenvalue weighted by atomic mass is 16.5. The second-order valence-electron chi connectivity index (χ2n) is 5.76. The fourth-order valence-corrected chi connectivity index (χ4v) is 2.28. The zero-order valence-corrected chi connectivity index (χ0v) is 14.7. The molecule has 0 saturated heterocycles. The van der Waals surface area contributed by atoms with Gasteiger partial charge in [-0.3, -0.25) is 0 Å². The van der Waals surface area contributed by atoms with Crippen LogP contribution in [0.2, 0.25) is 0 Å². The first kappa shape index (κ1) is 17.3. The van der Waals surface area contributed by atoms with Crippen LogP contribution in [-0.4, -0.2) is 13.1 Å². The van der Waals surface area contributed by atoms with E-state index in [1.54, 1.807) is 43.5 Å². The molecule has 0 aromatic heterocycles. The lowest BCUT2D eigenvalue weighted by molar-refractivity contribution is 0.0734. The van der Waals surface area contributed by atoms with Crippen LogP contribution in [0.25, 0.3) is 0 Å². The predicted octanol–water partition coefficient (Wildman–Crippen LogP) is 4.62. The van der Waals surface area contributed by atoms with Gasteiger partial charge in [0.1, 0.15) is 11.5 Å². The molecule has 0 spiro atoms. The van der Waals surface area contributed by atoms with Crippen molar-refractivity contribution < 1.29 is 14.3 Å². The van der Waals surface area contributed by atoms with E-state index in [-0.39, 0.29) is 0 Å². The quantitative estimate of drug-likeness (QED) is 0.396. The molecule has 3 aromatic rings. The number of carbonyl (C=O) groups excluding carboxylic acids is 1. The fraction of sp³-hybridized carbons (Fsp3) is 0.0870. The Morgan fingerprint density at radius 1 is 0.731 bits per heavy atom. The molecule has 0 aliphatic rings. The zero-order valence-electron chi connectivity index (χ0n) is 14.7. The molecule has 0 fully saturated rings. The molecule has 3 heteroatoms. The summed E-state index contributed by atoms with van der Waals surface area (Å²) < 4.78 is 10.5. The van der Waals surface area contributed by atoms with Crippen molar-refractivity contribution in [1.29, 1.82) is 0 Å². The first-order valence-electron chi connectivity index (χ1n) is 8.19. The summed E-state index contributed by atoms with van der Waals surface area (Å²) in [6.07, 6.45) is 0. The van der Waals surface area contributed by atoms with Crippen molar-refractivity contribution in [2.45, 2.75) is 6.92 Å². The molecular formula is C23H18O3. The predicted molar refractivity (Wildman–Crippen MR) is 102 cm³/mol. The first-order chi connectivity index (χ1) is 12.6. The SMILES string of the molecule is COc1ccc(C(=O)Oc2ccc(C#Cc3ccc(C)cc3)cc2)cc1. The maximum atomic E-state index is 12.1. The molecule has 0 atom stereocenters. The van der Waals surface area contributed by atoms with Gasteiger partial charge in [0.2, 0.25) is 0 Å². The molecule has 0 unspecified atom stereocenters. The number of hydrogen-bond donors (Lipinski definition) is 0. The van der Waals surface area contributed by atoms with E-state index >= 15 is 0 Å². The maximum absolute atomic E-state index is 12.1. The lowest BCUT2D eigenvalue weighted by Crippen LogP contribution is -2.08. The van der Waals surface area contributed by atoms with E-state index in [2.05, 4.69) is 11.8 Å². The van der Waals surface area contributed by atoms with Crippen LogP contribution in [-0.2, 0) is 0 Å². The average molecular weight is 342 g/mol. The first-order valence-corrected chi connectivity index (χ1v) is 8.19. The van der Waals surface area contributed by atoms with Gasteiger partial charge in [-0.05, 0) is 67.6 Å². The monoisotopic (exact) mass is 342 g/mol. The third-order valence-electron chi connectivity index (χ3n) is 3.79. The summed E-state index contributed by atoms with van der Waals surface area (Å²) in [6.45, 7) is 2.04. The minimum Gasteiger partial charge on any atom is -0.497 e. The van der Waals surface area contributed by atoms with Crippen molar-refractivity contribution in [3.05, 3.63) is 95.1 Å². The molecule has 3 nitrogen and oxygen atoms in total. The number of aryl methyl sites for hydroxylation is 1. The number of benzene rings is 3. The number of rotatable bonds is 3. The minimum atomic E-state index is -0.411. The van der Waals surface area contributed by atoms with Crippen LogP contribution in [0.1, 0.15) is 27.0 Å². The molecule has 26 heavy (non-hydrogen) atoms. The van der Waals surface area contributed by atoms with Crippen molar-refractivity contribution in [3.8, 4) is 23.3 Å². The largest absolute Gasteiger partial charge is 0.497 e. The number of hydrogen-bond acceptors (Lipinski definition) is 3. The Kier molecular flexibility index (Phi) is 5.36. The summed E-state index contributed by atoms with van der Waals surface area (Å²) >= 11 is 0. The van der Waals surface area contributed by atoms with Crippen LogP contribution in [0.5, 0.6) is 11.5 Å². The average Bonchev–Trinajstić information content (AvgIpc) is 2.68. The number of esters is 1. The summed E-state index contributed by atoms with van der Waals surface area (Å²) in [5.74, 6) is 6.98. The molecule has 3 rings (SSSR count). The summed E-state index contributed by atoms with van der Waals surface area (Å²) in [5.41, 5.74) is 3.49. The summed E-state index contributed by atoms with van der Waals surface area (Å²) in [6, 6.07) is 22.0. The van der Waals surface area contributed by atoms with E-state index in [1.165, 1.54) is 5.56 Å². The van der Waals surface area contributed by atoms with Gasteiger partial charge in [0.15, 0.2) is 0 Å².